The summed E-state index contributed by atoms with van der Waals surface area (Å²) in [7, 11) is 0. The third kappa shape index (κ3) is 5.50. The Bertz CT molecular complexity index is 162. The molecule has 0 spiro atoms. The van der Waals surface area contributed by atoms with E-state index in [-0.39, 0.29) is 6.10 Å². The second kappa shape index (κ2) is 7.20. The number of hydrogen-bond acceptors (Lipinski definition) is 3. The van der Waals surface area contributed by atoms with Gasteiger partial charge in [0.15, 0.2) is 0 Å². The van der Waals surface area contributed by atoms with Crippen molar-refractivity contribution in [2.75, 3.05) is 19.8 Å². The molecule has 0 radical (unpaired) electrons. The van der Waals surface area contributed by atoms with Gasteiger partial charge in [0, 0.05) is 19.3 Å². The molecule has 0 bridgehead atoms. The van der Waals surface area contributed by atoms with E-state index in [4.69, 9.17) is 4.74 Å². The molecule has 90 valence electrons. The van der Waals surface area contributed by atoms with E-state index in [1.165, 1.54) is 0 Å². The fourth-order valence-electron chi connectivity index (χ4n) is 1.96. The number of nitrogens with one attached hydrogen (secondary N) is 1. The van der Waals surface area contributed by atoms with Crippen molar-refractivity contribution in [3.8, 4) is 0 Å². The van der Waals surface area contributed by atoms with Crippen LogP contribution in [0.15, 0.2) is 0 Å². The van der Waals surface area contributed by atoms with Gasteiger partial charge in [0.2, 0.25) is 0 Å². The van der Waals surface area contributed by atoms with Gasteiger partial charge in [0.05, 0.1) is 6.10 Å². The van der Waals surface area contributed by atoms with E-state index in [0.717, 1.165) is 45.4 Å². The van der Waals surface area contributed by atoms with Crippen LogP contribution in [0.2, 0.25) is 0 Å². The molecule has 0 aromatic carbocycles. The number of ether oxygens (including phenoxy) is 1. The SMILES string of the molecule is CC(C)COCCCN[C@@H]1CCC[C@H]1O. The molecular formula is C12H25NO2. The normalized spacial score (nSPS) is 26.4. The maximum absolute atomic E-state index is 9.57. The first-order chi connectivity index (χ1) is 7.20. The average molecular weight is 215 g/mol. The molecule has 2 N–H and O–H groups in total. The van der Waals surface area contributed by atoms with E-state index in [0.29, 0.717) is 12.0 Å². The van der Waals surface area contributed by atoms with Crippen molar-refractivity contribution in [1.82, 2.24) is 5.32 Å². The van der Waals surface area contributed by atoms with Crippen molar-refractivity contribution in [2.24, 2.45) is 5.92 Å². The van der Waals surface area contributed by atoms with Crippen molar-refractivity contribution < 1.29 is 9.84 Å². The van der Waals surface area contributed by atoms with Crippen LogP contribution in [-0.4, -0.2) is 37.0 Å². The Morgan fingerprint density at radius 1 is 1.40 bits per heavy atom. The van der Waals surface area contributed by atoms with Gasteiger partial charge in [-0.1, -0.05) is 13.8 Å². The Balaban J connectivity index is 1.88. The predicted molar refractivity (Wildman–Crippen MR) is 61.9 cm³/mol. The van der Waals surface area contributed by atoms with Crippen LogP contribution in [0.5, 0.6) is 0 Å². The molecule has 0 unspecified atom stereocenters. The summed E-state index contributed by atoms with van der Waals surface area (Å²) >= 11 is 0. The zero-order valence-electron chi connectivity index (χ0n) is 10.0. The van der Waals surface area contributed by atoms with E-state index < -0.39 is 0 Å². The van der Waals surface area contributed by atoms with E-state index in [1.807, 2.05) is 0 Å². The van der Waals surface area contributed by atoms with Crippen molar-refractivity contribution in [3.63, 3.8) is 0 Å². The topological polar surface area (TPSA) is 41.5 Å². The van der Waals surface area contributed by atoms with Gasteiger partial charge in [0.1, 0.15) is 0 Å². The molecule has 1 fully saturated rings. The molecule has 0 aromatic rings. The first kappa shape index (κ1) is 12.9. The van der Waals surface area contributed by atoms with Crippen LogP contribution in [0, 0.1) is 5.92 Å². The maximum Gasteiger partial charge on any atom is 0.0693 e. The standard InChI is InChI=1S/C12H25NO2/c1-10(2)9-15-8-4-7-13-11-5-3-6-12(11)14/h10-14H,3-9H2,1-2H3/t11-,12-/m1/s1. The first-order valence-electron chi connectivity index (χ1n) is 6.19. The lowest BCUT2D eigenvalue weighted by atomic mass is 10.2. The summed E-state index contributed by atoms with van der Waals surface area (Å²) in [6, 6.07) is 0.329. The zero-order valence-corrected chi connectivity index (χ0v) is 10.0. The molecule has 0 saturated heterocycles. The second-order valence-electron chi connectivity index (χ2n) is 4.88. The van der Waals surface area contributed by atoms with Gasteiger partial charge >= 0.3 is 0 Å². The van der Waals surface area contributed by atoms with Crippen molar-refractivity contribution in [3.05, 3.63) is 0 Å². The third-order valence-corrected chi connectivity index (χ3v) is 2.80. The summed E-state index contributed by atoms with van der Waals surface area (Å²) in [5, 5.41) is 13.0. The molecule has 0 aliphatic heterocycles. The lowest BCUT2D eigenvalue weighted by Crippen LogP contribution is -2.36. The van der Waals surface area contributed by atoms with Gasteiger partial charge in [-0.15, -0.1) is 0 Å². The minimum absolute atomic E-state index is 0.124. The summed E-state index contributed by atoms with van der Waals surface area (Å²) in [6.07, 6.45) is 4.15. The van der Waals surface area contributed by atoms with Crippen molar-refractivity contribution >= 4 is 0 Å². The Morgan fingerprint density at radius 2 is 2.20 bits per heavy atom. The van der Waals surface area contributed by atoms with E-state index in [2.05, 4.69) is 19.2 Å². The van der Waals surface area contributed by atoms with Crippen LogP contribution in [0.3, 0.4) is 0 Å². The maximum atomic E-state index is 9.57. The zero-order chi connectivity index (χ0) is 11.1. The Labute approximate surface area is 93.2 Å². The molecule has 0 amide bonds. The molecule has 2 atom stereocenters. The molecule has 0 aromatic heterocycles. The lowest BCUT2D eigenvalue weighted by molar-refractivity contribution is 0.104. The molecule has 3 nitrogen and oxygen atoms in total. The number of rotatable bonds is 7. The van der Waals surface area contributed by atoms with Crippen LogP contribution in [0.25, 0.3) is 0 Å². The van der Waals surface area contributed by atoms with E-state index in [9.17, 15) is 5.11 Å². The molecule has 0 heterocycles. The van der Waals surface area contributed by atoms with Crippen LogP contribution >= 0.6 is 0 Å². The minimum Gasteiger partial charge on any atom is -0.392 e. The van der Waals surface area contributed by atoms with Gasteiger partial charge in [-0.25, -0.2) is 0 Å². The monoisotopic (exact) mass is 215 g/mol. The molecule has 1 rings (SSSR count). The highest BCUT2D eigenvalue weighted by atomic mass is 16.5. The second-order valence-corrected chi connectivity index (χ2v) is 4.88. The summed E-state index contributed by atoms with van der Waals surface area (Å²) in [5.74, 6) is 0.620. The third-order valence-electron chi connectivity index (χ3n) is 2.80. The molecule has 1 saturated carbocycles. The largest absolute Gasteiger partial charge is 0.392 e. The molecular weight excluding hydrogens is 190 g/mol. The minimum atomic E-state index is -0.124. The summed E-state index contributed by atoms with van der Waals surface area (Å²) in [4.78, 5) is 0. The molecule has 1 aliphatic carbocycles. The Morgan fingerprint density at radius 3 is 2.80 bits per heavy atom. The predicted octanol–water partition coefficient (Wildman–Crippen LogP) is 1.55. The molecule has 15 heavy (non-hydrogen) atoms. The van der Waals surface area contributed by atoms with Gasteiger partial charge in [-0.2, -0.15) is 0 Å². The highest BCUT2D eigenvalue weighted by Gasteiger charge is 2.23. The Kier molecular flexibility index (Phi) is 6.22. The van der Waals surface area contributed by atoms with Gasteiger partial charge in [-0.05, 0) is 38.1 Å². The van der Waals surface area contributed by atoms with Crippen LogP contribution in [0.4, 0.5) is 0 Å². The fourth-order valence-corrected chi connectivity index (χ4v) is 1.96. The summed E-state index contributed by atoms with van der Waals surface area (Å²) < 4.78 is 5.48. The van der Waals surface area contributed by atoms with Gasteiger partial charge in [0.25, 0.3) is 0 Å². The summed E-state index contributed by atoms with van der Waals surface area (Å²) in [5.41, 5.74) is 0. The quantitative estimate of drug-likeness (QED) is 0.633. The van der Waals surface area contributed by atoms with Gasteiger partial charge in [-0.3, -0.25) is 0 Å². The smallest absolute Gasteiger partial charge is 0.0693 e. The highest BCUT2D eigenvalue weighted by Crippen LogP contribution is 2.18. The van der Waals surface area contributed by atoms with E-state index >= 15 is 0 Å². The molecule has 1 aliphatic rings. The van der Waals surface area contributed by atoms with Crippen molar-refractivity contribution in [1.29, 1.82) is 0 Å². The number of hydrogen-bond donors (Lipinski definition) is 2. The van der Waals surface area contributed by atoms with Gasteiger partial charge < -0.3 is 15.2 Å². The fraction of sp³-hybridized carbons (Fsp3) is 1.00. The molecule has 3 heteroatoms. The first-order valence-corrected chi connectivity index (χ1v) is 6.19. The van der Waals surface area contributed by atoms with Crippen molar-refractivity contribution in [2.45, 2.75) is 51.7 Å². The highest BCUT2D eigenvalue weighted by molar-refractivity contribution is 4.82. The van der Waals surface area contributed by atoms with Crippen LogP contribution in [-0.2, 0) is 4.74 Å². The number of aliphatic hydroxyl groups excluding tert-OH is 1. The summed E-state index contributed by atoms with van der Waals surface area (Å²) in [6.45, 7) is 6.96. The Hall–Kier alpha value is -0.120. The number of aliphatic hydroxyl groups is 1. The average Bonchev–Trinajstić information content (AvgIpc) is 2.57. The van der Waals surface area contributed by atoms with Crippen LogP contribution in [0.1, 0.15) is 39.5 Å². The lowest BCUT2D eigenvalue weighted by Gasteiger charge is -2.16. The van der Waals surface area contributed by atoms with Crippen LogP contribution < -0.4 is 5.32 Å². The van der Waals surface area contributed by atoms with E-state index in [1.54, 1.807) is 0 Å².